The SMILES string of the molecule is CN1C(=O)CC(N2CCN(C(=O)C3CCCO3)CC2)C1=O. The van der Waals surface area contributed by atoms with E-state index in [0.29, 0.717) is 32.8 Å². The summed E-state index contributed by atoms with van der Waals surface area (Å²) in [5, 5.41) is 0. The normalized spacial score (nSPS) is 31.3. The summed E-state index contributed by atoms with van der Waals surface area (Å²) in [6, 6.07) is -0.345. The molecule has 3 heterocycles. The molecule has 21 heavy (non-hydrogen) atoms. The van der Waals surface area contributed by atoms with Crippen molar-refractivity contribution in [3.8, 4) is 0 Å². The molecule has 116 valence electrons. The zero-order chi connectivity index (χ0) is 15.0. The number of piperazine rings is 1. The monoisotopic (exact) mass is 295 g/mol. The van der Waals surface area contributed by atoms with Gasteiger partial charge in [0.25, 0.3) is 5.91 Å². The molecule has 0 spiro atoms. The maximum absolute atomic E-state index is 12.2. The fraction of sp³-hybridized carbons (Fsp3) is 0.786. The van der Waals surface area contributed by atoms with Crippen LogP contribution in [0.25, 0.3) is 0 Å². The molecule has 0 aromatic rings. The number of carbonyl (C=O) groups excluding carboxylic acids is 3. The van der Waals surface area contributed by atoms with Gasteiger partial charge in [0.15, 0.2) is 0 Å². The first-order chi connectivity index (χ1) is 10.1. The first-order valence-electron chi connectivity index (χ1n) is 7.53. The summed E-state index contributed by atoms with van der Waals surface area (Å²) in [5.41, 5.74) is 0. The van der Waals surface area contributed by atoms with Gasteiger partial charge in [0.05, 0.1) is 12.5 Å². The highest BCUT2D eigenvalue weighted by Gasteiger charge is 2.41. The summed E-state index contributed by atoms with van der Waals surface area (Å²) in [5.74, 6) is -0.181. The van der Waals surface area contributed by atoms with Crippen molar-refractivity contribution in [3.63, 3.8) is 0 Å². The number of carbonyl (C=O) groups is 3. The van der Waals surface area contributed by atoms with E-state index in [1.807, 2.05) is 9.80 Å². The van der Waals surface area contributed by atoms with Crippen molar-refractivity contribution in [2.24, 2.45) is 0 Å². The van der Waals surface area contributed by atoms with Gasteiger partial charge < -0.3 is 9.64 Å². The van der Waals surface area contributed by atoms with Gasteiger partial charge >= 0.3 is 0 Å². The maximum Gasteiger partial charge on any atom is 0.251 e. The van der Waals surface area contributed by atoms with Gasteiger partial charge in [-0.15, -0.1) is 0 Å². The van der Waals surface area contributed by atoms with Crippen LogP contribution in [0.15, 0.2) is 0 Å². The van der Waals surface area contributed by atoms with Crippen LogP contribution in [0.5, 0.6) is 0 Å². The van der Waals surface area contributed by atoms with E-state index in [0.717, 1.165) is 12.8 Å². The number of likely N-dealkylation sites (tertiary alicyclic amines) is 1. The zero-order valence-electron chi connectivity index (χ0n) is 12.3. The summed E-state index contributed by atoms with van der Waals surface area (Å²) in [7, 11) is 1.53. The molecule has 3 rings (SSSR count). The van der Waals surface area contributed by atoms with Gasteiger partial charge in [-0.3, -0.25) is 24.2 Å². The van der Waals surface area contributed by atoms with Gasteiger partial charge in [0.1, 0.15) is 6.10 Å². The lowest BCUT2D eigenvalue weighted by Crippen LogP contribution is -2.55. The molecule has 3 aliphatic rings. The lowest BCUT2D eigenvalue weighted by Gasteiger charge is -2.37. The Hall–Kier alpha value is -1.47. The van der Waals surface area contributed by atoms with E-state index >= 15 is 0 Å². The minimum atomic E-state index is -0.345. The van der Waals surface area contributed by atoms with Crippen molar-refractivity contribution in [3.05, 3.63) is 0 Å². The Morgan fingerprint density at radius 3 is 2.43 bits per heavy atom. The van der Waals surface area contributed by atoms with Crippen LogP contribution >= 0.6 is 0 Å². The highest BCUT2D eigenvalue weighted by atomic mass is 16.5. The Morgan fingerprint density at radius 1 is 1.19 bits per heavy atom. The van der Waals surface area contributed by atoms with Crippen molar-refractivity contribution in [2.45, 2.75) is 31.4 Å². The number of hydrogen-bond donors (Lipinski definition) is 0. The summed E-state index contributed by atoms with van der Waals surface area (Å²) < 4.78 is 5.43. The van der Waals surface area contributed by atoms with E-state index in [1.165, 1.54) is 11.9 Å². The van der Waals surface area contributed by atoms with Gasteiger partial charge in [-0.25, -0.2) is 0 Å². The molecular weight excluding hydrogens is 274 g/mol. The van der Waals surface area contributed by atoms with Crippen molar-refractivity contribution in [1.29, 1.82) is 0 Å². The van der Waals surface area contributed by atoms with Crippen LogP contribution in [0.3, 0.4) is 0 Å². The average molecular weight is 295 g/mol. The number of nitrogens with zero attached hydrogens (tertiary/aromatic N) is 3. The van der Waals surface area contributed by atoms with Crippen LogP contribution in [-0.2, 0) is 19.1 Å². The van der Waals surface area contributed by atoms with Crippen LogP contribution in [0.1, 0.15) is 19.3 Å². The van der Waals surface area contributed by atoms with Crippen molar-refractivity contribution < 1.29 is 19.1 Å². The predicted octanol–water partition coefficient (Wildman–Crippen LogP) is -0.933. The second-order valence-corrected chi connectivity index (χ2v) is 5.87. The highest BCUT2D eigenvalue weighted by molar-refractivity contribution is 6.05. The van der Waals surface area contributed by atoms with Crippen molar-refractivity contribution >= 4 is 17.7 Å². The Bertz CT molecular complexity index is 453. The Labute approximate surface area is 123 Å². The van der Waals surface area contributed by atoms with Crippen LogP contribution in [0.2, 0.25) is 0 Å². The first-order valence-corrected chi connectivity index (χ1v) is 7.53. The molecule has 0 aliphatic carbocycles. The zero-order valence-corrected chi connectivity index (χ0v) is 12.3. The molecule has 0 bridgehead atoms. The third-order valence-electron chi connectivity index (χ3n) is 4.63. The van der Waals surface area contributed by atoms with Crippen LogP contribution in [0.4, 0.5) is 0 Å². The second kappa shape index (κ2) is 5.73. The van der Waals surface area contributed by atoms with Gasteiger partial charge in [-0.05, 0) is 12.8 Å². The van der Waals surface area contributed by atoms with Crippen molar-refractivity contribution in [1.82, 2.24) is 14.7 Å². The van der Waals surface area contributed by atoms with Crippen LogP contribution < -0.4 is 0 Å². The highest BCUT2D eigenvalue weighted by Crippen LogP contribution is 2.20. The van der Waals surface area contributed by atoms with E-state index in [9.17, 15) is 14.4 Å². The predicted molar refractivity (Wildman–Crippen MR) is 73.3 cm³/mol. The van der Waals surface area contributed by atoms with Crippen LogP contribution in [-0.4, -0.2) is 84.4 Å². The van der Waals surface area contributed by atoms with Crippen molar-refractivity contribution in [2.75, 3.05) is 39.8 Å². The van der Waals surface area contributed by atoms with Crippen LogP contribution in [0, 0.1) is 0 Å². The molecule has 7 heteroatoms. The Morgan fingerprint density at radius 2 is 1.90 bits per heavy atom. The number of imide groups is 1. The smallest absolute Gasteiger partial charge is 0.251 e. The fourth-order valence-corrected chi connectivity index (χ4v) is 3.25. The van der Waals surface area contributed by atoms with Gasteiger partial charge in [0, 0.05) is 39.8 Å². The molecule has 3 amide bonds. The van der Waals surface area contributed by atoms with E-state index in [2.05, 4.69) is 0 Å². The molecule has 0 N–H and O–H groups in total. The Balaban J connectivity index is 1.54. The van der Waals surface area contributed by atoms with E-state index < -0.39 is 0 Å². The molecule has 0 saturated carbocycles. The second-order valence-electron chi connectivity index (χ2n) is 5.87. The number of ether oxygens (including phenoxy) is 1. The summed E-state index contributed by atoms with van der Waals surface area (Å²) in [6.45, 7) is 3.13. The molecule has 2 unspecified atom stereocenters. The molecular formula is C14H21N3O4. The van der Waals surface area contributed by atoms with Gasteiger partial charge in [-0.1, -0.05) is 0 Å². The lowest BCUT2D eigenvalue weighted by molar-refractivity contribution is -0.143. The molecule has 0 aromatic carbocycles. The van der Waals surface area contributed by atoms with E-state index in [4.69, 9.17) is 4.74 Å². The largest absolute Gasteiger partial charge is 0.368 e. The summed E-state index contributed by atoms with van der Waals surface area (Å²) in [6.07, 6.45) is 1.73. The topological polar surface area (TPSA) is 70.2 Å². The molecule has 3 fully saturated rings. The summed E-state index contributed by atoms with van der Waals surface area (Å²) in [4.78, 5) is 40.9. The molecule has 0 radical (unpaired) electrons. The number of rotatable bonds is 2. The van der Waals surface area contributed by atoms with Gasteiger partial charge in [0.2, 0.25) is 11.8 Å². The molecule has 7 nitrogen and oxygen atoms in total. The minimum absolute atomic E-state index is 0.0677. The standard InChI is InChI=1S/C14H21N3O4/c1-15-12(18)9-10(13(15)19)16-4-6-17(7-5-16)14(20)11-3-2-8-21-11/h10-11H,2-9H2,1H3. The average Bonchev–Trinajstić information content (AvgIpc) is 3.12. The first kappa shape index (κ1) is 14.5. The third-order valence-corrected chi connectivity index (χ3v) is 4.63. The van der Waals surface area contributed by atoms with Gasteiger partial charge in [-0.2, -0.15) is 0 Å². The molecule has 0 aromatic heterocycles. The minimum Gasteiger partial charge on any atom is -0.368 e. The molecule has 3 saturated heterocycles. The quantitative estimate of drug-likeness (QED) is 0.615. The molecule has 2 atom stereocenters. The number of likely N-dealkylation sites (N-methyl/N-ethyl adjacent to an activating group) is 1. The third kappa shape index (κ3) is 2.67. The maximum atomic E-state index is 12.2. The summed E-state index contributed by atoms with van der Waals surface area (Å²) >= 11 is 0. The van der Waals surface area contributed by atoms with E-state index in [1.54, 1.807) is 0 Å². The molecule has 3 aliphatic heterocycles. The fourth-order valence-electron chi connectivity index (χ4n) is 3.25. The number of hydrogen-bond acceptors (Lipinski definition) is 5. The Kier molecular flexibility index (Phi) is 3.95. The lowest BCUT2D eigenvalue weighted by atomic mass is 10.1. The van der Waals surface area contributed by atoms with E-state index in [-0.39, 0.29) is 36.3 Å². The number of amides is 3.